The lowest BCUT2D eigenvalue weighted by molar-refractivity contribution is 0.102. The van der Waals surface area contributed by atoms with Crippen LogP contribution in [0, 0.1) is 3.57 Å². The first-order chi connectivity index (χ1) is 9.74. The summed E-state index contributed by atoms with van der Waals surface area (Å²) in [6.07, 6.45) is 4.87. The van der Waals surface area contributed by atoms with Gasteiger partial charge in [0.15, 0.2) is 0 Å². The summed E-state index contributed by atoms with van der Waals surface area (Å²) in [5.74, 6) is 0.265. The van der Waals surface area contributed by atoms with Crippen molar-refractivity contribution in [3.8, 4) is 0 Å². The van der Waals surface area contributed by atoms with Crippen LogP contribution in [0.2, 0.25) is 0 Å². The molecule has 20 heavy (non-hydrogen) atoms. The molecule has 0 spiro atoms. The molecule has 98 valence electrons. The second-order valence-electron chi connectivity index (χ2n) is 4.05. The number of anilines is 1. The summed E-state index contributed by atoms with van der Waals surface area (Å²) in [6.45, 7) is 0. The normalized spacial score (nSPS) is 10.4. The van der Waals surface area contributed by atoms with Gasteiger partial charge < -0.3 is 5.32 Å². The van der Waals surface area contributed by atoms with Crippen molar-refractivity contribution in [3.05, 3.63) is 58.1 Å². The van der Waals surface area contributed by atoms with Gasteiger partial charge in [0.05, 0.1) is 11.1 Å². The second kappa shape index (κ2) is 5.49. The van der Waals surface area contributed by atoms with Crippen molar-refractivity contribution < 1.29 is 4.79 Å². The van der Waals surface area contributed by atoms with Crippen LogP contribution < -0.4 is 5.32 Å². The average Bonchev–Trinajstić information content (AvgIpc) is 2.49. The fourth-order valence-corrected chi connectivity index (χ4v) is 2.13. The van der Waals surface area contributed by atoms with Crippen molar-refractivity contribution in [1.29, 1.82) is 0 Å². The Balaban J connectivity index is 1.94. The molecule has 0 radical (unpaired) electrons. The maximum absolute atomic E-state index is 12.3. The molecule has 3 aromatic rings. The topological polar surface area (TPSA) is 67.8 Å². The Kier molecular flexibility index (Phi) is 3.55. The van der Waals surface area contributed by atoms with Gasteiger partial charge in [-0.25, -0.2) is 4.98 Å². The summed E-state index contributed by atoms with van der Waals surface area (Å²) in [6, 6.07) is 8.97. The van der Waals surface area contributed by atoms with Crippen LogP contribution in [0.15, 0.2) is 48.9 Å². The van der Waals surface area contributed by atoms with E-state index in [1.807, 2.05) is 12.1 Å². The van der Waals surface area contributed by atoms with Gasteiger partial charge in [0, 0.05) is 22.2 Å². The Bertz CT molecular complexity index is 768. The maximum Gasteiger partial charge on any atom is 0.259 e. The number of benzene rings is 1. The molecule has 0 fully saturated rings. The van der Waals surface area contributed by atoms with Crippen molar-refractivity contribution >= 4 is 45.3 Å². The lowest BCUT2D eigenvalue weighted by Gasteiger charge is -2.06. The van der Waals surface area contributed by atoms with Crippen LogP contribution in [-0.2, 0) is 0 Å². The number of carbonyl (C=O) groups excluding carboxylic acids is 1. The van der Waals surface area contributed by atoms with Gasteiger partial charge in [-0.05, 0) is 46.9 Å². The summed E-state index contributed by atoms with van der Waals surface area (Å²) in [5.41, 5.74) is 1.75. The summed E-state index contributed by atoms with van der Waals surface area (Å²) in [4.78, 5) is 24.8. The Morgan fingerprint density at radius 2 is 1.90 bits per heavy atom. The first kappa shape index (κ1) is 12.9. The number of fused-ring (bicyclic) bond motifs is 1. The van der Waals surface area contributed by atoms with Crippen molar-refractivity contribution in [2.75, 3.05) is 5.32 Å². The van der Waals surface area contributed by atoms with Gasteiger partial charge >= 0.3 is 0 Å². The molecule has 1 N–H and O–H groups in total. The molecule has 1 amide bonds. The molecule has 1 aromatic carbocycles. The molecule has 0 aliphatic rings. The lowest BCUT2D eigenvalue weighted by atomic mass is 10.1. The van der Waals surface area contributed by atoms with Crippen molar-refractivity contribution in [2.45, 2.75) is 0 Å². The highest BCUT2D eigenvalue weighted by Crippen LogP contribution is 2.15. The number of nitrogens with zero attached hydrogens (tertiary/aromatic N) is 3. The van der Waals surface area contributed by atoms with Crippen molar-refractivity contribution in [1.82, 2.24) is 15.0 Å². The Labute approximate surface area is 128 Å². The smallest absolute Gasteiger partial charge is 0.259 e. The Hall–Kier alpha value is -2.09. The van der Waals surface area contributed by atoms with E-state index >= 15 is 0 Å². The van der Waals surface area contributed by atoms with E-state index in [0.717, 1.165) is 3.57 Å². The number of nitrogens with one attached hydrogen (secondary N) is 1. The fourth-order valence-electron chi connectivity index (χ4n) is 1.81. The third-order valence-electron chi connectivity index (χ3n) is 2.71. The van der Waals surface area contributed by atoms with E-state index in [2.05, 4.69) is 42.9 Å². The number of carbonyl (C=O) groups is 1. The predicted octanol–water partition coefficient (Wildman–Crippen LogP) is 2.88. The fraction of sp³-hybridized carbons (Fsp3) is 0. The molecule has 0 atom stereocenters. The lowest BCUT2D eigenvalue weighted by Crippen LogP contribution is -2.13. The van der Waals surface area contributed by atoms with Crippen molar-refractivity contribution in [2.24, 2.45) is 0 Å². The molecule has 0 saturated carbocycles. The molecule has 3 rings (SSSR count). The number of amides is 1. The van der Waals surface area contributed by atoms with Gasteiger partial charge in [0.2, 0.25) is 0 Å². The minimum absolute atomic E-state index is 0.246. The van der Waals surface area contributed by atoms with Crippen LogP contribution in [0.4, 0.5) is 5.82 Å². The number of para-hydroxylation sites is 1. The molecule has 0 bridgehead atoms. The van der Waals surface area contributed by atoms with E-state index in [-0.39, 0.29) is 5.91 Å². The number of aromatic nitrogens is 3. The number of halogens is 1. The number of hydrogen-bond donors (Lipinski definition) is 1. The van der Waals surface area contributed by atoms with Crippen LogP contribution in [-0.4, -0.2) is 20.9 Å². The predicted molar refractivity (Wildman–Crippen MR) is 84.4 cm³/mol. The number of hydrogen-bond acceptors (Lipinski definition) is 4. The van der Waals surface area contributed by atoms with Gasteiger partial charge in [0.25, 0.3) is 5.91 Å². The quantitative estimate of drug-likeness (QED) is 0.699. The molecule has 0 saturated heterocycles. The molecule has 0 unspecified atom stereocenters. The van der Waals surface area contributed by atoms with E-state index in [1.165, 1.54) is 0 Å². The maximum atomic E-state index is 12.3. The Morgan fingerprint density at radius 1 is 1.05 bits per heavy atom. The molecule has 0 aliphatic carbocycles. The zero-order valence-corrected chi connectivity index (χ0v) is 12.4. The minimum atomic E-state index is -0.246. The number of rotatable bonds is 2. The summed E-state index contributed by atoms with van der Waals surface area (Å²) in [5, 5.41) is 2.76. The van der Waals surface area contributed by atoms with E-state index < -0.39 is 0 Å². The van der Waals surface area contributed by atoms with Crippen LogP contribution in [0.5, 0.6) is 0 Å². The zero-order valence-electron chi connectivity index (χ0n) is 10.2. The average molecular weight is 376 g/mol. The first-order valence-electron chi connectivity index (χ1n) is 5.87. The number of pyridine rings is 1. The first-order valence-corrected chi connectivity index (χ1v) is 6.94. The minimum Gasteiger partial charge on any atom is -0.306 e. The highest BCUT2D eigenvalue weighted by Gasteiger charge is 2.11. The van der Waals surface area contributed by atoms with Gasteiger partial charge in [-0.3, -0.25) is 14.8 Å². The van der Waals surface area contributed by atoms with Crippen molar-refractivity contribution in [3.63, 3.8) is 0 Å². The van der Waals surface area contributed by atoms with Crippen LogP contribution in [0.1, 0.15) is 10.4 Å². The van der Waals surface area contributed by atoms with Gasteiger partial charge in [-0.2, -0.15) is 0 Å². The summed E-state index contributed by atoms with van der Waals surface area (Å²) in [7, 11) is 0. The molecule has 2 heterocycles. The highest BCUT2D eigenvalue weighted by atomic mass is 127. The van der Waals surface area contributed by atoms with Crippen LogP contribution in [0.3, 0.4) is 0 Å². The van der Waals surface area contributed by atoms with E-state index in [1.54, 1.807) is 36.8 Å². The van der Waals surface area contributed by atoms with E-state index in [4.69, 9.17) is 0 Å². The monoisotopic (exact) mass is 376 g/mol. The largest absolute Gasteiger partial charge is 0.306 e. The van der Waals surface area contributed by atoms with Crippen LogP contribution in [0.25, 0.3) is 11.0 Å². The molecular weight excluding hydrogens is 367 g/mol. The van der Waals surface area contributed by atoms with Gasteiger partial charge in [-0.1, -0.05) is 6.07 Å². The third kappa shape index (κ3) is 2.60. The van der Waals surface area contributed by atoms with E-state index in [0.29, 0.717) is 22.4 Å². The Morgan fingerprint density at radius 3 is 2.70 bits per heavy atom. The second-order valence-corrected chi connectivity index (χ2v) is 5.29. The molecule has 2 aromatic heterocycles. The summed E-state index contributed by atoms with van der Waals surface area (Å²) < 4.78 is 1.01. The highest BCUT2D eigenvalue weighted by molar-refractivity contribution is 14.1. The standard InChI is InChI=1S/C14H9IN4O/c15-9-4-5-12(18-8-9)19-14(20)10-2-1-3-11-13(10)17-7-6-16-11/h1-8H,(H,18,19,20). The summed E-state index contributed by atoms with van der Waals surface area (Å²) >= 11 is 2.16. The van der Waals surface area contributed by atoms with Gasteiger partial charge in [-0.15, -0.1) is 0 Å². The zero-order chi connectivity index (χ0) is 13.9. The third-order valence-corrected chi connectivity index (χ3v) is 3.35. The SMILES string of the molecule is O=C(Nc1ccc(I)cn1)c1cccc2nccnc12. The van der Waals surface area contributed by atoms with Gasteiger partial charge in [0.1, 0.15) is 11.3 Å². The van der Waals surface area contributed by atoms with Crippen LogP contribution >= 0.6 is 22.6 Å². The molecule has 0 aliphatic heterocycles. The van der Waals surface area contributed by atoms with E-state index in [9.17, 15) is 4.79 Å². The molecule has 5 nitrogen and oxygen atoms in total. The molecular formula is C14H9IN4O. The molecule has 6 heteroatoms.